The smallest absolute Gasteiger partial charge is 0.123 e. The van der Waals surface area contributed by atoms with E-state index in [0.717, 1.165) is 34.2 Å². The lowest BCUT2D eigenvalue weighted by Crippen LogP contribution is -1.93. The van der Waals surface area contributed by atoms with Crippen LogP contribution in [0.15, 0.2) is 83.6 Å². The molecule has 4 heteroatoms. The number of benzene rings is 4. The third-order valence-corrected chi connectivity index (χ3v) is 10.4. The van der Waals surface area contributed by atoms with Crippen molar-refractivity contribution >= 4 is 22.7 Å². The Morgan fingerprint density at radius 1 is 0.476 bits per heavy atom. The second-order valence-electron chi connectivity index (χ2n) is 11.3. The van der Waals surface area contributed by atoms with Gasteiger partial charge in [0.05, 0.1) is 11.4 Å². The SMILES string of the molecule is Cc1cc(-c2nc(CCc3csc(-c4ccc(-c5cccc(C)c5C)c(C)c4)n3)cs2)ccc1-c1cccc(C)c1C. The molecule has 210 valence electrons. The molecule has 6 aromatic rings. The average Bonchev–Trinajstić information content (AvgIpc) is 3.65. The molecule has 0 bridgehead atoms. The van der Waals surface area contributed by atoms with E-state index in [1.54, 1.807) is 22.7 Å². The van der Waals surface area contributed by atoms with E-state index in [1.165, 1.54) is 66.8 Å². The molecule has 2 heterocycles. The second-order valence-corrected chi connectivity index (χ2v) is 13.1. The molecule has 4 aromatic carbocycles. The Labute approximate surface area is 257 Å². The predicted molar refractivity (Wildman–Crippen MR) is 182 cm³/mol. The van der Waals surface area contributed by atoms with Crippen molar-refractivity contribution in [1.82, 2.24) is 9.97 Å². The zero-order valence-corrected chi connectivity index (χ0v) is 26.8. The number of hydrogen-bond donors (Lipinski definition) is 0. The van der Waals surface area contributed by atoms with Gasteiger partial charge in [0.15, 0.2) is 0 Å². The highest BCUT2D eigenvalue weighted by molar-refractivity contribution is 7.13. The van der Waals surface area contributed by atoms with E-state index in [2.05, 4.69) is 125 Å². The minimum absolute atomic E-state index is 0.893. The lowest BCUT2D eigenvalue weighted by Gasteiger charge is -2.12. The van der Waals surface area contributed by atoms with Gasteiger partial charge in [0.1, 0.15) is 10.0 Å². The van der Waals surface area contributed by atoms with Gasteiger partial charge in [-0.3, -0.25) is 0 Å². The van der Waals surface area contributed by atoms with Crippen LogP contribution < -0.4 is 0 Å². The predicted octanol–water partition coefficient (Wildman–Crippen LogP) is 10.9. The van der Waals surface area contributed by atoms with E-state index in [1.807, 2.05) is 0 Å². The Hall–Kier alpha value is -3.86. The zero-order valence-electron chi connectivity index (χ0n) is 25.2. The fourth-order valence-corrected chi connectivity index (χ4v) is 7.35. The summed E-state index contributed by atoms with van der Waals surface area (Å²) in [5.74, 6) is 0. The Morgan fingerprint density at radius 3 is 1.31 bits per heavy atom. The molecular formula is C38H36N2S2. The molecular weight excluding hydrogens is 549 g/mol. The highest BCUT2D eigenvalue weighted by atomic mass is 32.1. The molecule has 6 rings (SSSR count). The number of nitrogens with zero attached hydrogens (tertiary/aromatic N) is 2. The van der Waals surface area contributed by atoms with Gasteiger partial charge < -0.3 is 0 Å². The van der Waals surface area contributed by atoms with Crippen molar-refractivity contribution in [2.24, 2.45) is 0 Å². The molecule has 0 amide bonds. The average molecular weight is 585 g/mol. The zero-order chi connectivity index (χ0) is 29.4. The molecule has 0 saturated heterocycles. The van der Waals surface area contributed by atoms with E-state index in [4.69, 9.17) is 9.97 Å². The molecule has 0 aliphatic heterocycles. The monoisotopic (exact) mass is 584 g/mol. The van der Waals surface area contributed by atoms with Crippen molar-refractivity contribution in [1.29, 1.82) is 0 Å². The molecule has 0 unspecified atom stereocenters. The first-order chi connectivity index (χ1) is 20.3. The van der Waals surface area contributed by atoms with Crippen molar-refractivity contribution in [3.8, 4) is 43.4 Å². The summed E-state index contributed by atoms with van der Waals surface area (Å²) >= 11 is 3.46. The van der Waals surface area contributed by atoms with Crippen LogP contribution in [0.3, 0.4) is 0 Å². The highest BCUT2D eigenvalue weighted by Crippen LogP contribution is 2.34. The molecule has 0 N–H and O–H groups in total. The summed E-state index contributed by atoms with van der Waals surface area (Å²) in [5.41, 5.74) is 17.8. The normalized spacial score (nSPS) is 11.3. The van der Waals surface area contributed by atoms with Gasteiger partial charge in [0.25, 0.3) is 0 Å². The topological polar surface area (TPSA) is 25.8 Å². The number of aromatic nitrogens is 2. The fraction of sp³-hybridized carbons (Fsp3) is 0.211. The lowest BCUT2D eigenvalue weighted by atomic mass is 9.93. The summed E-state index contributed by atoms with van der Waals surface area (Å²) in [4.78, 5) is 9.99. The van der Waals surface area contributed by atoms with Gasteiger partial charge in [-0.05, 0) is 122 Å². The Balaban J connectivity index is 1.14. The summed E-state index contributed by atoms with van der Waals surface area (Å²) in [6.07, 6.45) is 1.79. The molecule has 0 saturated carbocycles. The number of aryl methyl sites for hydroxylation is 6. The van der Waals surface area contributed by atoms with E-state index in [-0.39, 0.29) is 0 Å². The first-order valence-corrected chi connectivity index (χ1v) is 16.3. The molecule has 0 atom stereocenters. The lowest BCUT2D eigenvalue weighted by molar-refractivity contribution is 0.900. The third-order valence-electron chi connectivity index (χ3n) is 8.48. The Bertz CT molecular complexity index is 1770. The third kappa shape index (κ3) is 5.62. The molecule has 42 heavy (non-hydrogen) atoms. The van der Waals surface area contributed by atoms with Crippen molar-refractivity contribution < 1.29 is 0 Å². The van der Waals surface area contributed by atoms with Gasteiger partial charge in [-0.25, -0.2) is 9.97 Å². The highest BCUT2D eigenvalue weighted by Gasteiger charge is 2.13. The van der Waals surface area contributed by atoms with Crippen LogP contribution in [-0.4, -0.2) is 9.97 Å². The van der Waals surface area contributed by atoms with Crippen molar-refractivity contribution in [3.63, 3.8) is 0 Å². The molecule has 0 fully saturated rings. The molecule has 2 aromatic heterocycles. The summed E-state index contributed by atoms with van der Waals surface area (Å²) in [5, 5.41) is 6.57. The van der Waals surface area contributed by atoms with Crippen LogP contribution in [0.1, 0.15) is 44.8 Å². The van der Waals surface area contributed by atoms with Gasteiger partial charge in [-0.1, -0.05) is 60.7 Å². The van der Waals surface area contributed by atoms with Crippen molar-refractivity contribution in [2.75, 3.05) is 0 Å². The van der Waals surface area contributed by atoms with Gasteiger partial charge >= 0.3 is 0 Å². The summed E-state index contributed by atoms with van der Waals surface area (Å²) < 4.78 is 0. The standard InChI is InChI=1S/C38H36N2S2/c1-23-9-7-11-35(27(23)5)33-17-13-29(19-25(33)3)37-39-31(21-41-37)15-16-32-22-42-38(40-32)30-14-18-34(26(4)20-30)36-12-8-10-24(2)28(36)6/h7-14,17-22H,15-16H2,1-6H3. The summed E-state index contributed by atoms with van der Waals surface area (Å²) in [6, 6.07) is 26.6. The molecule has 0 aliphatic rings. The quantitative estimate of drug-likeness (QED) is 0.186. The number of thiazole rings is 2. The largest absolute Gasteiger partial charge is 0.241 e. The minimum Gasteiger partial charge on any atom is -0.241 e. The van der Waals surface area contributed by atoms with Crippen LogP contribution >= 0.6 is 22.7 Å². The number of rotatable bonds is 7. The summed E-state index contributed by atoms with van der Waals surface area (Å²) in [7, 11) is 0. The maximum Gasteiger partial charge on any atom is 0.123 e. The van der Waals surface area contributed by atoms with E-state index >= 15 is 0 Å². The van der Waals surface area contributed by atoms with Crippen LogP contribution in [0.4, 0.5) is 0 Å². The van der Waals surface area contributed by atoms with Crippen LogP contribution in [0.5, 0.6) is 0 Å². The first kappa shape index (κ1) is 28.3. The molecule has 2 nitrogen and oxygen atoms in total. The minimum atomic E-state index is 0.893. The van der Waals surface area contributed by atoms with Crippen molar-refractivity contribution in [2.45, 2.75) is 54.4 Å². The summed E-state index contributed by atoms with van der Waals surface area (Å²) in [6.45, 7) is 13.2. The first-order valence-electron chi connectivity index (χ1n) is 14.5. The van der Waals surface area contributed by atoms with Gasteiger partial charge in [0.2, 0.25) is 0 Å². The Morgan fingerprint density at radius 2 is 0.905 bits per heavy atom. The maximum atomic E-state index is 4.99. The van der Waals surface area contributed by atoms with Crippen LogP contribution in [-0.2, 0) is 12.8 Å². The maximum absolute atomic E-state index is 4.99. The molecule has 0 radical (unpaired) electrons. The second kappa shape index (κ2) is 11.8. The van der Waals surface area contributed by atoms with Crippen LogP contribution in [0.2, 0.25) is 0 Å². The molecule has 0 spiro atoms. The Kier molecular flexibility index (Phi) is 7.94. The van der Waals surface area contributed by atoms with E-state index in [9.17, 15) is 0 Å². The number of hydrogen-bond acceptors (Lipinski definition) is 4. The van der Waals surface area contributed by atoms with Crippen molar-refractivity contribution in [3.05, 3.63) is 128 Å². The van der Waals surface area contributed by atoms with Gasteiger partial charge in [-0.15, -0.1) is 22.7 Å². The van der Waals surface area contributed by atoms with E-state index in [0.29, 0.717) is 0 Å². The van der Waals surface area contributed by atoms with Gasteiger partial charge in [0, 0.05) is 21.9 Å². The van der Waals surface area contributed by atoms with Crippen LogP contribution in [0.25, 0.3) is 43.4 Å². The fourth-order valence-electron chi connectivity index (χ4n) is 5.65. The van der Waals surface area contributed by atoms with E-state index < -0.39 is 0 Å². The van der Waals surface area contributed by atoms with Gasteiger partial charge in [-0.2, -0.15) is 0 Å². The van der Waals surface area contributed by atoms with Crippen LogP contribution in [0, 0.1) is 41.5 Å². The molecule has 0 aliphatic carbocycles.